The molecule has 4 aliphatic rings. The van der Waals surface area contributed by atoms with Crippen molar-refractivity contribution in [1.82, 2.24) is 15.5 Å². The van der Waals surface area contributed by atoms with Crippen LogP contribution in [0.3, 0.4) is 0 Å². The van der Waals surface area contributed by atoms with Crippen molar-refractivity contribution in [1.29, 1.82) is 0 Å². The Balaban J connectivity index is 1.21. The minimum absolute atomic E-state index is 0.0184. The molecule has 0 bridgehead atoms. The highest BCUT2D eigenvalue weighted by atomic mass is 32.2. The second-order valence-corrected chi connectivity index (χ2v) is 10.5. The fourth-order valence-corrected chi connectivity index (χ4v) is 7.22. The number of carbonyl (C=O) groups is 2. The van der Waals surface area contributed by atoms with E-state index in [4.69, 9.17) is 9.47 Å². The van der Waals surface area contributed by atoms with Gasteiger partial charge in [-0.15, -0.1) is 23.5 Å². The van der Waals surface area contributed by atoms with Crippen LogP contribution in [-0.2, 0) is 19.1 Å². The van der Waals surface area contributed by atoms with Gasteiger partial charge in [-0.2, -0.15) is 0 Å². The molecule has 5 atom stereocenters. The van der Waals surface area contributed by atoms with Gasteiger partial charge in [-0.1, -0.05) is 12.8 Å². The van der Waals surface area contributed by atoms with Crippen LogP contribution >= 0.6 is 23.5 Å². The molecule has 1 aliphatic carbocycles. The number of amides is 1. The van der Waals surface area contributed by atoms with Gasteiger partial charge >= 0.3 is 5.97 Å². The summed E-state index contributed by atoms with van der Waals surface area (Å²) in [5, 5.41) is 6.80. The number of rotatable bonds is 6. The van der Waals surface area contributed by atoms with E-state index in [9.17, 15) is 9.59 Å². The van der Waals surface area contributed by atoms with Crippen molar-refractivity contribution in [3.8, 4) is 0 Å². The number of carbonyl (C=O) groups excluding carboxylic acids is 2. The van der Waals surface area contributed by atoms with Crippen molar-refractivity contribution < 1.29 is 19.1 Å². The summed E-state index contributed by atoms with van der Waals surface area (Å²) < 4.78 is 10.9. The number of ether oxygens (including phenoxy) is 2. The van der Waals surface area contributed by atoms with Crippen LogP contribution in [0.4, 0.5) is 0 Å². The van der Waals surface area contributed by atoms with E-state index in [0.717, 1.165) is 51.4 Å². The normalized spacial score (nSPS) is 36.1. The summed E-state index contributed by atoms with van der Waals surface area (Å²) in [5.74, 6) is 0.478. The van der Waals surface area contributed by atoms with Crippen LogP contribution in [0.15, 0.2) is 0 Å². The van der Waals surface area contributed by atoms with Crippen molar-refractivity contribution in [3.05, 3.63) is 0 Å². The van der Waals surface area contributed by atoms with Gasteiger partial charge in [0, 0.05) is 30.9 Å². The maximum atomic E-state index is 12.8. The standard InChI is InChI=1S/C19H31N3O4S2/c23-16(18-20-14-3-1-2-4-15(14)28-18)21-17-13(5-12-27-17)19(24)26-11-8-22-6-9-25-10-7-22/h13-15,17-18,20H,1-12H2,(H,21,23). The van der Waals surface area contributed by atoms with Gasteiger partial charge in [0.1, 0.15) is 12.0 Å². The molecular weight excluding hydrogens is 398 g/mol. The third-order valence-corrected chi connectivity index (χ3v) is 8.86. The Hall–Kier alpha value is -0.480. The molecule has 5 unspecified atom stereocenters. The molecule has 0 aromatic carbocycles. The number of morpholine rings is 1. The summed E-state index contributed by atoms with van der Waals surface area (Å²) in [5.41, 5.74) is 0. The van der Waals surface area contributed by atoms with E-state index < -0.39 is 0 Å². The number of hydrogen-bond acceptors (Lipinski definition) is 8. The van der Waals surface area contributed by atoms with Gasteiger partial charge in [-0.05, 0) is 25.0 Å². The molecule has 4 fully saturated rings. The Morgan fingerprint density at radius 1 is 1.18 bits per heavy atom. The number of fused-ring (bicyclic) bond motifs is 1. The summed E-state index contributed by atoms with van der Waals surface area (Å²) >= 11 is 3.42. The van der Waals surface area contributed by atoms with Crippen LogP contribution < -0.4 is 10.6 Å². The lowest BCUT2D eigenvalue weighted by atomic mass is 9.95. The van der Waals surface area contributed by atoms with E-state index in [2.05, 4.69) is 15.5 Å². The van der Waals surface area contributed by atoms with E-state index in [1.807, 2.05) is 0 Å². The van der Waals surface area contributed by atoms with Gasteiger partial charge < -0.3 is 14.8 Å². The first kappa shape index (κ1) is 20.8. The molecule has 1 saturated carbocycles. The smallest absolute Gasteiger partial charge is 0.311 e. The molecule has 1 amide bonds. The SMILES string of the molecule is O=C(NC1SCCC1C(=O)OCCN1CCOCC1)C1NC2CCCCC2S1. The van der Waals surface area contributed by atoms with Crippen molar-refractivity contribution in [2.45, 2.75) is 54.1 Å². The Morgan fingerprint density at radius 2 is 2.00 bits per heavy atom. The highest BCUT2D eigenvalue weighted by Gasteiger charge is 2.42. The van der Waals surface area contributed by atoms with Crippen molar-refractivity contribution in [2.24, 2.45) is 5.92 Å². The maximum absolute atomic E-state index is 12.8. The first-order valence-corrected chi connectivity index (χ1v) is 12.5. The van der Waals surface area contributed by atoms with E-state index >= 15 is 0 Å². The Morgan fingerprint density at radius 3 is 2.82 bits per heavy atom. The first-order chi connectivity index (χ1) is 13.7. The molecule has 0 aromatic rings. The highest BCUT2D eigenvalue weighted by Crippen LogP contribution is 2.37. The van der Waals surface area contributed by atoms with Crippen molar-refractivity contribution in [2.75, 3.05) is 45.2 Å². The minimum Gasteiger partial charge on any atom is -0.464 e. The predicted molar refractivity (Wildman–Crippen MR) is 111 cm³/mol. The van der Waals surface area contributed by atoms with E-state index in [-0.39, 0.29) is 28.5 Å². The van der Waals surface area contributed by atoms with Gasteiger partial charge in [-0.25, -0.2) is 0 Å². The fraction of sp³-hybridized carbons (Fsp3) is 0.895. The lowest BCUT2D eigenvalue weighted by molar-refractivity contribution is -0.149. The minimum atomic E-state index is -0.243. The van der Waals surface area contributed by atoms with Crippen molar-refractivity contribution >= 4 is 35.4 Å². The molecule has 0 radical (unpaired) electrons. The molecule has 7 nitrogen and oxygen atoms in total. The zero-order valence-corrected chi connectivity index (χ0v) is 17.9. The van der Waals surface area contributed by atoms with Crippen LogP contribution in [0.25, 0.3) is 0 Å². The molecule has 2 N–H and O–H groups in total. The summed E-state index contributed by atoms with van der Waals surface area (Å²) in [6, 6.07) is 0.465. The third kappa shape index (κ3) is 5.16. The third-order valence-electron chi connectivity index (χ3n) is 6.05. The second kappa shape index (κ2) is 10.0. The van der Waals surface area contributed by atoms with Crippen LogP contribution in [0.2, 0.25) is 0 Å². The Labute approximate surface area is 175 Å². The van der Waals surface area contributed by atoms with Gasteiger partial charge in [0.2, 0.25) is 5.91 Å². The Bertz CT molecular complexity index is 547. The van der Waals surface area contributed by atoms with Gasteiger partial charge in [0.15, 0.2) is 0 Å². The van der Waals surface area contributed by atoms with Crippen molar-refractivity contribution in [3.63, 3.8) is 0 Å². The summed E-state index contributed by atoms with van der Waals surface area (Å²) in [6.45, 7) is 4.43. The first-order valence-electron chi connectivity index (χ1n) is 10.5. The number of hydrogen-bond donors (Lipinski definition) is 2. The number of nitrogens with one attached hydrogen (secondary N) is 2. The van der Waals surface area contributed by atoms with Gasteiger partial charge in [-0.3, -0.25) is 19.8 Å². The summed E-state index contributed by atoms with van der Waals surface area (Å²) in [6.07, 6.45) is 5.64. The number of nitrogens with zero attached hydrogens (tertiary/aromatic N) is 1. The highest BCUT2D eigenvalue weighted by molar-refractivity contribution is 8.01. The van der Waals surface area contributed by atoms with E-state index in [1.165, 1.54) is 19.3 Å². The molecule has 4 rings (SSSR count). The molecule has 3 saturated heterocycles. The largest absolute Gasteiger partial charge is 0.464 e. The number of thioether (sulfide) groups is 2. The quantitative estimate of drug-likeness (QED) is 0.606. The van der Waals surface area contributed by atoms with Crippen LogP contribution in [-0.4, -0.2) is 84.0 Å². The monoisotopic (exact) mass is 429 g/mol. The fourth-order valence-electron chi connectivity index (χ4n) is 4.39. The second-order valence-electron chi connectivity index (χ2n) is 7.93. The average Bonchev–Trinajstić information content (AvgIpc) is 3.35. The average molecular weight is 430 g/mol. The van der Waals surface area contributed by atoms with Gasteiger partial charge in [0.05, 0.1) is 24.5 Å². The van der Waals surface area contributed by atoms with Crippen LogP contribution in [0, 0.1) is 5.92 Å². The zero-order chi connectivity index (χ0) is 19.3. The molecule has 0 aromatic heterocycles. The topological polar surface area (TPSA) is 79.9 Å². The zero-order valence-electron chi connectivity index (χ0n) is 16.3. The number of esters is 1. The molecule has 3 heterocycles. The maximum Gasteiger partial charge on any atom is 0.311 e. The molecule has 28 heavy (non-hydrogen) atoms. The molecular formula is C19H31N3O4S2. The lowest BCUT2D eigenvalue weighted by Gasteiger charge is -2.26. The lowest BCUT2D eigenvalue weighted by Crippen LogP contribution is -2.47. The summed E-state index contributed by atoms with van der Waals surface area (Å²) in [4.78, 5) is 27.6. The van der Waals surface area contributed by atoms with Crippen LogP contribution in [0.5, 0.6) is 0 Å². The van der Waals surface area contributed by atoms with E-state index in [0.29, 0.717) is 17.9 Å². The summed E-state index contributed by atoms with van der Waals surface area (Å²) in [7, 11) is 0. The predicted octanol–water partition coefficient (Wildman–Crippen LogP) is 1.03. The van der Waals surface area contributed by atoms with E-state index in [1.54, 1.807) is 23.5 Å². The molecule has 0 spiro atoms. The van der Waals surface area contributed by atoms with Crippen LogP contribution in [0.1, 0.15) is 32.1 Å². The van der Waals surface area contributed by atoms with Gasteiger partial charge in [0.25, 0.3) is 0 Å². The molecule has 9 heteroatoms. The molecule has 158 valence electrons. The molecule has 3 aliphatic heterocycles. The Kier molecular flexibility index (Phi) is 7.44.